The molecule has 1 unspecified atom stereocenters. The Balaban J connectivity index is 1.08. The summed E-state index contributed by atoms with van der Waals surface area (Å²) in [5, 5.41) is 0. The molecule has 0 aromatic heterocycles. The first-order chi connectivity index (χ1) is 23.2. The third-order valence-corrected chi connectivity index (χ3v) is 13.6. The molecule has 0 amide bonds. The van der Waals surface area contributed by atoms with Gasteiger partial charge in [0.15, 0.2) is 5.78 Å². The van der Waals surface area contributed by atoms with Crippen LogP contribution in [0.3, 0.4) is 0 Å². The van der Waals surface area contributed by atoms with Crippen molar-refractivity contribution in [3.8, 4) is 0 Å². The van der Waals surface area contributed by atoms with Crippen LogP contribution in [-0.4, -0.2) is 42.8 Å². The number of fused-ring (bicyclic) bond motifs is 7. The molecule has 2 aromatic rings. The van der Waals surface area contributed by atoms with Crippen LogP contribution in [0.5, 0.6) is 0 Å². The van der Waals surface area contributed by atoms with Gasteiger partial charge in [0.05, 0.1) is 44.1 Å². The largest absolute Gasteiger partial charge is 0.466 e. The number of Topliss-reactive ketones (excluding diaryl/α,β-unsaturated/α-hetero) is 1. The second-order valence-electron chi connectivity index (χ2n) is 16.6. The van der Waals surface area contributed by atoms with Crippen LogP contribution in [0.25, 0.3) is 0 Å². The van der Waals surface area contributed by atoms with Gasteiger partial charge >= 0.3 is 5.97 Å². The van der Waals surface area contributed by atoms with E-state index in [1.165, 1.54) is 37.3 Å². The Kier molecular flexibility index (Phi) is 9.89. The van der Waals surface area contributed by atoms with Crippen LogP contribution >= 0.6 is 0 Å². The monoisotopic (exact) mass is 656 g/mol. The topological polar surface area (TPSA) is 71.1 Å². The predicted molar refractivity (Wildman–Crippen MR) is 185 cm³/mol. The van der Waals surface area contributed by atoms with Gasteiger partial charge in [0.2, 0.25) is 0 Å². The molecule has 4 aliphatic carbocycles. The summed E-state index contributed by atoms with van der Waals surface area (Å²) < 4.78 is 25.5. The fourth-order valence-electron chi connectivity index (χ4n) is 11.3. The molecule has 2 aromatic carbocycles. The van der Waals surface area contributed by atoms with E-state index in [2.05, 4.69) is 81.4 Å². The van der Waals surface area contributed by atoms with Gasteiger partial charge in [0.25, 0.3) is 0 Å². The van der Waals surface area contributed by atoms with Gasteiger partial charge in [0, 0.05) is 6.92 Å². The van der Waals surface area contributed by atoms with Crippen molar-refractivity contribution in [3.63, 3.8) is 0 Å². The smallest absolute Gasteiger partial charge is 0.302 e. The van der Waals surface area contributed by atoms with Crippen molar-refractivity contribution in [2.75, 3.05) is 6.61 Å². The van der Waals surface area contributed by atoms with Crippen LogP contribution in [0.2, 0.25) is 0 Å². The van der Waals surface area contributed by atoms with Gasteiger partial charge in [0.1, 0.15) is 6.10 Å². The highest BCUT2D eigenvalue weighted by atomic mass is 16.5. The van der Waals surface area contributed by atoms with E-state index in [1.807, 2.05) is 0 Å². The lowest BCUT2D eigenvalue weighted by Crippen LogP contribution is -2.60. The standard InChI is InChI=1S/C42H56O6/c1-27(24-45-28(2)43)15-18-35-40(44)39-36(48-35)22-34-33-17-16-31-21-32(46-25-29-11-7-5-8-12-29)19-20-41(31,3)38(33)37(23-42(34,39)4)47-26-30-13-9-6-10-14-30/h5-14,27,31-39H,15-26H2,1-4H3/t27-,31+,32-,33+,34+,35?,36+,37+,38-,39-,41+,42+/m1/s1. The Morgan fingerprint density at radius 1 is 0.917 bits per heavy atom. The van der Waals surface area contributed by atoms with E-state index in [0.717, 1.165) is 32.1 Å². The van der Waals surface area contributed by atoms with Crippen LogP contribution < -0.4 is 0 Å². The second-order valence-corrected chi connectivity index (χ2v) is 16.6. The summed E-state index contributed by atoms with van der Waals surface area (Å²) in [5.41, 5.74) is 2.53. The fraction of sp³-hybridized carbons (Fsp3) is 0.667. The van der Waals surface area contributed by atoms with Crippen molar-refractivity contribution in [1.82, 2.24) is 0 Å². The SMILES string of the molecule is CC(=O)OC[C@H](C)CCC1O[C@H]2C[C@H]3[C@@H]4CC[C@H]5C[C@H](OCc6ccccc6)CC[C@]5(C)[C@H]4[C@@H](OCc4ccccc4)C[C@]3(C)[C@H]2C1=O. The molecule has 5 aliphatic rings. The van der Waals surface area contributed by atoms with Crippen molar-refractivity contribution in [2.24, 2.45) is 46.3 Å². The van der Waals surface area contributed by atoms with E-state index in [0.29, 0.717) is 61.8 Å². The molecule has 1 heterocycles. The maximum absolute atomic E-state index is 14.2. The zero-order valence-corrected chi connectivity index (χ0v) is 29.5. The molecule has 0 N–H and O–H groups in total. The van der Waals surface area contributed by atoms with E-state index in [9.17, 15) is 9.59 Å². The quantitative estimate of drug-likeness (QED) is 0.227. The Morgan fingerprint density at radius 3 is 2.29 bits per heavy atom. The lowest BCUT2D eigenvalue weighted by atomic mass is 9.43. The van der Waals surface area contributed by atoms with E-state index < -0.39 is 0 Å². The summed E-state index contributed by atoms with van der Waals surface area (Å²) in [5.74, 6) is 2.31. The van der Waals surface area contributed by atoms with Gasteiger partial charge in [-0.05, 0) is 109 Å². The summed E-state index contributed by atoms with van der Waals surface area (Å²) in [6.07, 6.45) is 9.32. The number of carbonyl (C=O) groups is 2. The van der Waals surface area contributed by atoms with Crippen molar-refractivity contribution in [2.45, 2.75) is 123 Å². The highest BCUT2D eigenvalue weighted by molar-refractivity contribution is 5.89. The number of ether oxygens (including phenoxy) is 4. The Labute approximate surface area is 287 Å². The number of esters is 1. The Bertz CT molecular complexity index is 1410. The number of carbonyl (C=O) groups excluding carboxylic acids is 2. The molecule has 0 spiro atoms. The predicted octanol–water partition coefficient (Wildman–Crippen LogP) is 8.35. The van der Waals surface area contributed by atoms with Crippen molar-refractivity contribution in [3.05, 3.63) is 71.8 Å². The minimum atomic E-state index is -0.349. The van der Waals surface area contributed by atoms with Crippen LogP contribution in [-0.2, 0) is 41.8 Å². The molecule has 1 aliphatic heterocycles. The van der Waals surface area contributed by atoms with E-state index in [4.69, 9.17) is 18.9 Å². The van der Waals surface area contributed by atoms with Crippen molar-refractivity contribution in [1.29, 1.82) is 0 Å². The molecule has 0 radical (unpaired) electrons. The van der Waals surface area contributed by atoms with Crippen LogP contribution in [0.1, 0.15) is 96.6 Å². The van der Waals surface area contributed by atoms with Gasteiger partial charge in [-0.2, -0.15) is 0 Å². The normalized spacial score (nSPS) is 39.2. The molecule has 48 heavy (non-hydrogen) atoms. The van der Waals surface area contributed by atoms with Crippen LogP contribution in [0.4, 0.5) is 0 Å². The Hall–Kier alpha value is -2.54. The summed E-state index contributed by atoms with van der Waals surface area (Å²) in [6, 6.07) is 21.1. The Morgan fingerprint density at radius 2 is 1.60 bits per heavy atom. The molecule has 7 rings (SSSR count). The molecule has 6 nitrogen and oxygen atoms in total. The van der Waals surface area contributed by atoms with E-state index in [1.54, 1.807) is 0 Å². The zero-order valence-electron chi connectivity index (χ0n) is 29.5. The molecule has 1 saturated heterocycles. The molecule has 260 valence electrons. The fourth-order valence-corrected chi connectivity index (χ4v) is 11.3. The molecule has 12 atom stereocenters. The summed E-state index contributed by atoms with van der Waals surface area (Å²) >= 11 is 0. The number of ketones is 1. The average molecular weight is 657 g/mol. The molecule has 0 bridgehead atoms. The molecule has 4 saturated carbocycles. The lowest BCUT2D eigenvalue weighted by Gasteiger charge is -2.63. The maximum Gasteiger partial charge on any atom is 0.302 e. The zero-order chi connectivity index (χ0) is 33.5. The van der Waals surface area contributed by atoms with Gasteiger partial charge < -0.3 is 18.9 Å². The first-order valence-electron chi connectivity index (χ1n) is 18.8. The third kappa shape index (κ3) is 6.54. The lowest BCUT2D eigenvalue weighted by molar-refractivity contribution is -0.199. The summed E-state index contributed by atoms with van der Waals surface area (Å²) in [7, 11) is 0. The van der Waals surface area contributed by atoms with E-state index >= 15 is 0 Å². The summed E-state index contributed by atoms with van der Waals surface area (Å²) in [6.45, 7) is 10.2. The molecular weight excluding hydrogens is 600 g/mol. The van der Waals surface area contributed by atoms with Gasteiger partial charge in [-0.3, -0.25) is 9.59 Å². The maximum atomic E-state index is 14.2. The van der Waals surface area contributed by atoms with Gasteiger partial charge in [-0.25, -0.2) is 0 Å². The molecular formula is C42H56O6. The first kappa shape index (κ1) is 33.9. The van der Waals surface area contributed by atoms with Crippen molar-refractivity contribution < 1.29 is 28.5 Å². The number of rotatable bonds is 11. The number of hydrogen-bond acceptors (Lipinski definition) is 6. The van der Waals surface area contributed by atoms with E-state index in [-0.39, 0.29) is 46.9 Å². The van der Waals surface area contributed by atoms with Gasteiger partial charge in [-0.15, -0.1) is 0 Å². The highest BCUT2D eigenvalue weighted by Crippen LogP contribution is 2.69. The average Bonchev–Trinajstić information content (AvgIpc) is 3.57. The number of hydrogen-bond donors (Lipinski definition) is 0. The van der Waals surface area contributed by atoms with Crippen LogP contribution in [0, 0.1) is 46.3 Å². The minimum Gasteiger partial charge on any atom is -0.466 e. The third-order valence-electron chi connectivity index (χ3n) is 13.6. The highest BCUT2D eigenvalue weighted by Gasteiger charge is 2.69. The van der Waals surface area contributed by atoms with Crippen LogP contribution in [0.15, 0.2) is 60.7 Å². The van der Waals surface area contributed by atoms with Crippen molar-refractivity contribution >= 4 is 11.8 Å². The van der Waals surface area contributed by atoms with Gasteiger partial charge in [-0.1, -0.05) is 81.4 Å². The number of benzene rings is 2. The summed E-state index contributed by atoms with van der Waals surface area (Å²) in [4.78, 5) is 25.5. The second kappa shape index (κ2) is 14.0. The minimum absolute atomic E-state index is 0.00227. The molecule has 6 heteroatoms. The molecule has 5 fully saturated rings. The first-order valence-corrected chi connectivity index (χ1v) is 18.8.